The summed E-state index contributed by atoms with van der Waals surface area (Å²) in [5.41, 5.74) is 3.04. The van der Waals surface area contributed by atoms with Gasteiger partial charge in [0, 0.05) is 80.7 Å². The summed E-state index contributed by atoms with van der Waals surface area (Å²) in [5, 5.41) is 125. The maximum Gasteiger partial charge on any atom is 0.246 e. The van der Waals surface area contributed by atoms with Gasteiger partial charge in [-0.3, -0.25) is 48.5 Å². The summed E-state index contributed by atoms with van der Waals surface area (Å²) in [6.45, 7) is 8.39. The lowest BCUT2D eigenvalue weighted by Gasteiger charge is -2.54. The van der Waals surface area contributed by atoms with Crippen molar-refractivity contribution in [2.75, 3.05) is 25.4 Å². The molecular formula is C97H126Cl2N8O26S. The van der Waals surface area contributed by atoms with Crippen molar-refractivity contribution in [1.82, 2.24) is 36.6 Å². The van der Waals surface area contributed by atoms with E-state index in [4.69, 9.17) is 57.4 Å². The number of benzene rings is 5. The summed E-state index contributed by atoms with van der Waals surface area (Å²) >= 11 is 14.7. The molecule has 34 nitrogen and oxygen atoms in total. The van der Waals surface area contributed by atoms with Crippen molar-refractivity contribution >= 4 is 86.0 Å². The average molecular weight is 1920 g/mol. The van der Waals surface area contributed by atoms with Gasteiger partial charge in [0.1, 0.15) is 101 Å². The predicted octanol–water partition coefficient (Wildman–Crippen LogP) is 8.93. The largest absolute Gasteiger partial charge is 0.507 e. The highest BCUT2D eigenvalue weighted by molar-refractivity contribution is 7.89. The third kappa shape index (κ3) is 23.6. The second kappa shape index (κ2) is 43.5. The van der Waals surface area contributed by atoms with Gasteiger partial charge in [-0.2, -0.15) is 0 Å². The van der Waals surface area contributed by atoms with E-state index < -0.39 is 234 Å². The summed E-state index contributed by atoms with van der Waals surface area (Å²) < 4.78 is 68.0. The minimum atomic E-state index is -3.74. The van der Waals surface area contributed by atoms with Crippen LogP contribution in [-0.4, -0.2) is 199 Å². The van der Waals surface area contributed by atoms with Crippen molar-refractivity contribution in [2.45, 2.75) is 287 Å². The fourth-order valence-corrected chi connectivity index (χ4v) is 22.5. The monoisotopic (exact) mass is 1920 g/mol. The molecule has 7 aliphatic heterocycles. The van der Waals surface area contributed by atoms with Crippen LogP contribution in [-0.2, 0) is 85.3 Å². The lowest BCUT2D eigenvalue weighted by molar-refractivity contribution is -0.349. The van der Waals surface area contributed by atoms with Gasteiger partial charge >= 0.3 is 0 Å². The molecule has 7 heterocycles. The van der Waals surface area contributed by atoms with Crippen LogP contribution < -0.4 is 51.8 Å². The van der Waals surface area contributed by atoms with Crippen LogP contribution in [0, 0.1) is 53.3 Å². The molecule has 12 aliphatic rings. The molecule has 6 amide bonds. The lowest BCUT2D eigenvalue weighted by atomic mass is 9.51. The number of carbonyl (C=O) groups is 9. The number of sulfonamides is 1. The normalized spacial score (nSPS) is 30.0. The standard InChI is InChI=1S/C97H126Cl2N8O26S/c1-7-9-10-11-12-13-24-134(126,127)102-23-22-101-43-63-68(110)41-62-80(87(63)118)61-32-52(16-19-67(61)109)60-40-70(112)81-57-36-74(130-72-20-17-53(33-65(72)98)85(116)83(106-92(122)51(8-2)25-46(3)4)69(111)35-58(93(123)104-81)38-78(115)103-77(114)31-48-14-15-48)64(45-128-96-90(89(120)88(119)76(44-108)132-96)133-79-42-97(6,100)91(121)47(5)129-79)75(37-57)131-73-21-18-54(34-66(73)99)86(117)84(107-94(60)124)95(125)105-82(62)71(113)39-59-55-27-49-26-50(29-55)30-56(59)28-49/h16-21,32-34,36-37,41,46-51,55-56,58-60,76,79,81-86,88-91,96,101-102,108-110,116-121H,7-15,22-31,35,38-40,42-45,100H2,1-6H3,(H,104,123)(H,105,125)(H,106,122)(H,107,124)(H,103,114,115)/t47-,49?,50?,51+,55?,56?,58-,59?,60+,76+,79-,81+,82-,83-,84-,85+,86+,88+,89-,90+,91+,96+,97-/m0/s1. The molecule has 7 fully saturated rings. The fourth-order valence-electron chi connectivity index (χ4n) is 20.9. The highest BCUT2D eigenvalue weighted by Crippen LogP contribution is 2.59. The topological polar surface area (TPSA) is 535 Å². The van der Waals surface area contributed by atoms with Crippen LogP contribution in [0.4, 0.5) is 0 Å². The number of carbonyl (C=O) groups excluding carboxylic acids is 9. The number of imide groups is 1. The third-order valence-corrected chi connectivity index (χ3v) is 30.3. The Hall–Kier alpha value is -8.86. The zero-order chi connectivity index (χ0) is 96.2. The molecule has 0 spiro atoms. The average Bonchev–Trinajstić information content (AvgIpc) is 1.18. The number of ketones is 3. The van der Waals surface area contributed by atoms with E-state index in [9.17, 15) is 68.8 Å². The number of Topliss-reactive ketones (excluding diaryl/α,β-unsaturated/α-hetero) is 3. The van der Waals surface area contributed by atoms with E-state index in [-0.39, 0.29) is 151 Å². The minimum Gasteiger partial charge on any atom is -0.507 e. The van der Waals surface area contributed by atoms with Gasteiger partial charge in [0.15, 0.2) is 29.9 Å². The number of halogens is 2. The Balaban J connectivity index is 0.941. The van der Waals surface area contributed by atoms with Gasteiger partial charge in [0.05, 0.1) is 64.2 Å². The first kappa shape index (κ1) is 101. The number of aliphatic hydroxyl groups is 6. The van der Waals surface area contributed by atoms with Crippen molar-refractivity contribution in [3.8, 4) is 51.4 Å². The molecule has 0 aromatic heterocycles. The van der Waals surface area contributed by atoms with Crippen molar-refractivity contribution in [3.63, 3.8) is 0 Å². The van der Waals surface area contributed by atoms with E-state index in [1.807, 2.05) is 13.8 Å². The molecule has 5 saturated carbocycles. The zero-order valence-electron chi connectivity index (χ0n) is 76.1. The second-order valence-electron chi connectivity index (χ2n) is 38.9. The molecule has 730 valence electrons. The number of nitrogens with one attached hydrogen (secondary N) is 7. The molecule has 15 bridgehead atoms. The van der Waals surface area contributed by atoms with Gasteiger partial charge in [-0.15, -0.1) is 0 Å². The number of nitrogens with two attached hydrogens (primary N) is 1. The maximum atomic E-state index is 16.9. The Morgan fingerprint density at radius 2 is 1.32 bits per heavy atom. The molecule has 0 radical (unpaired) electrons. The first-order valence-electron chi connectivity index (χ1n) is 47.0. The molecule has 5 aromatic rings. The highest BCUT2D eigenvalue weighted by Gasteiger charge is 2.53. The van der Waals surface area contributed by atoms with Crippen molar-refractivity contribution in [2.24, 2.45) is 59.0 Å². The summed E-state index contributed by atoms with van der Waals surface area (Å²) in [6.07, 6.45) is -8.38. The Kier molecular flexibility index (Phi) is 32.8. The van der Waals surface area contributed by atoms with Gasteiger partial charge in [0.25, 0.3) is 0 Å². The molecule has 18 N–H and O–H groups in total. The first-order valence-corrected chi connectivity index (χ1v) is 49.4. The number of phenols is 3. The van der Waals surface area contributed by atoms with Crippen LogP contribution in [0.2, 0.25) is 10.0 Å². The van der Waals surface area contributed by atoms with E-state index in [2.05, 4.69) is 43.5 Å². The number of aliphatic hydroxyl groups excluding tert-OH is 6. The summed E-state index contributed by atoms with van der Waals surface area (Å²) in [7, 11) is -3.74. The number of amides is 6. The molecule has 134 heavy (non-hydrogen) atoms. The zero-order valence-corrected chi connectivity index (χ0v) is 78.4. The molecule has 5 aromatic carbocycles. The number of unbranched alkanes of at least 4 members (excludes halogenated alkanes) is 5. The quantitative estimate of drug-likeness (QED) is 0.0184. The smallest absolute Gasteiger partial charge is 0.246 e. The summed E-state index contributed by atoms with van der Waals surface area (Å²) in [5.74, 6) is -16.1. The SMILES string of the molecule is CCCCCCCCS(=O)(=O)NCCNCc1c(O)cc2c(c1O)-c1cc(ccc1O)[C@H]1CC(=O)[C@@H]3NC(=O)[C@H](CC(=O)NC(=O)CC4CC4)CC(=O)[C@H](NC(=O)[C@H](CC)CC(C)C)[C@H](O)c4ccc(c(Cl)c4)Oc4cc3cc(c4CO[C@@H]3O[C@H](CO)[C@@H](O)[C@H](O)[C@H]3O[C@H]3C[C@](C)(N)[C@H](O)[C@H](C)O3)Oc3ccc(cc3Cl)[C@@H](O)[C@H](NC1=O)C(=O)N[C@@H]2C(=O)CC1C2CC3CC(C2)CC1C3. The minimum absolute atomic E-state index is 0.0420. The third-order valence-electron chi connectivity index (χ3n) is 28.3. The Morgan fingerprint density at radius 3 is 1.95 bits per heavy atom. The molecule has 18 atom stereocenters. The molecular weight excluding hydrogens is 1800 g/mol. The van der Waals surface area contributed by atoms with E-state index in [0.29, 0.717) is 37.5 Å². The molecule has 5 aliphatic carbocycles. The van der Waals surface area contributed by atoms with Gasteiger partial charge < -0.3 is 107 Å². The summed E-state index contributed by atoms with van der Waals surface area (Å²) in [6, 6.07) is 6.55. The van der Waals surface area contributed by atoms with Gasteiger partial charge in [-0.1, -0.05) is 101 Å². The van der Waals surface area contributed by atoms with Crippen LogP contribution in [0.3, 0.4) is 0 Å². The first-order chi connectivity index (χ1) is 63.8. The van der Waals surface area contributed by atoms with Crippen molar-refractivity contribution in [3.05, 3.63) is 122 Å². The van der Waals surface area contributed by atoms with E-state index in [1.54, 1.807) is 13.8 Å². The van der Waals surface area contributed by atoms with Crippen LogP contribution in [0.1, 0.15) is 246 Å². The van der Waals surface area contributed by atoms with Gasteiger partial charge in [-0.05, 0) is 202 Å². The van der Waals surface area contributed by atoms with Crippen LogP contribution in [0.15, 0.2) is 72.8 Å². The predicted molar refractivity (Wildman–Crippen MR) is 488 cm³/mol. The Morgan fingerprint density at radius 1 is 0.679 bits per heavy atom. The molecule has 17 rings (SSSR count). The molecule has 0 unspecified atom stereocenters. The molecule has 37 heteroatoms. The number of hydrogen-bond acceptors (Lipinski definition) is 28. The Labute approximate surface area is 788 Å². The number of phenolic OH excluding ortho intramolecular Hbond substituents is 3. The second-order valence-corrected chi connectivity index (χ2v) is 41.6. The number of rotatable bonds is 31. The van der Waals surface area contributed by atoms with Gasteiger partial charge in [0.2, 0.25) is 45.5 Å². The highest BCUT2D eigenvalue weighted by atomic mass is 35.5. The number of fused-ring (bicyclic) bond motifs is 15. The van der Waals surface area contributed by atoms with Crippen LogP contribution in [0.25, 0.3) is 11.1 Å². The van der Waals surface area contributed by atoms with Crippen molar-refractivity contribution in [1.29, 1.82) is 0 Å². The number of ether oxygens (including phenoxy) is 6. The van der Waals surface area contributed by atoms with E-state index in [0.717, 1.165) is 76.3 Å². The maximum absolute atomic E-state index is 16.9. The molecule has 2 saturated heterocycles. The number of hydrogen-bond donors (Lipinski definition) is 17. The van der Waals surface area contributed by atoms with Crippen LogP contribution >= 0.6 is 23.2 Å². The lowest BCUT2D eigenvalue weighted by Crippen LogP contribution is -2.64. The van der Waals surface area contributed by atoms with Crippen LogP contribution in [0.5, 0.6) is 40.2 Å². The fraction of sp³-hybridized carbons (Fsp3) is 0.598. The Bertz CT molecular complexity index is 5280. The summed E-state index contributed by atoms with van der Waals surface area (Å²) in [4.78, 5) is 140. The van der Waals surface area contributed by atoms with E-state index >= 15 is 28.8 Å². The van der Waals surface area contributed by atoms with Gasteiger partial charge in [-0.25, -0.2) is 13.1 Å². The van der Waals surface area contributed by atoms with E-state index in [1.165, 1.54) is 67.6 Å². The number of aromatic hydroxyl groups is 3. The van der Waals surface area contributed by atoms with Crippen molar-refractivity contribution < 1.29 is 126 Å².